The third kappa shape index (κ3) is 5.80. The highest BCUT2D eigenvalue weighted by Crippen LogP contribution is 2.23. The minimum atomic E-state index is 0. The van der Waals surface area contributed by atoms with Crippen LogP contribution in [0, 0.1) is 5.92 Å². The van der Waals surface area contributed by atoms with Crippen molar-refractivity contribution < 1.29 is 4.79 Å². The van der Waals surface area contributed by atoms with Gasteiger partial charge in [-0.15, -0.1) is 12.4 Å². The number of halogens is 3. The average molecular weight is 394 g/mol. The van der Waals surface area contributed by atoms with Crippen LogP contribution >= 0.6 is 35.6 Å². The van der Waals surface area contributed by atoms with E-state index in [9.17, 15) is 4.79 Å². The number of likely N-dealkylation sites (N-methyl/N-ethyl adjacent to an activating group) is 1. The van der Waals surface area contributed by atoms with Crippen molar-refractivity contribution in [3.63, 3.8) is 0 Å². The van der Waals surface area contributed by atoms with Crippen LogP contribution in [0.15, 0.2) is 18.2 Å². The third-order valence-corrected chi connectivity index (χ3v) is 5.38. The Morgan fingerprint density at radius 2 is 1.83 bits per heavy atom. The molecule has 0 spiro atoms. The van der Waals surface area contributed by atoms with Gasteiger partial charge < -0.3 is 9.80 Å². The maximum absolute atomic E-state index is 12.7. The highest BCUT2D eigenvalue weighted by molar-refractivity contribution is 6.42. The molecule has 2 rings (SSSR count). The molecule has 1 fully saturated rings. The fourth-order valence-corrected chi connectivity index (χ4v) is 3.46. The van der Waals surface area contributed by atoms with Gasteiger partial charge in [-0.3, -0.25) is 4.79 Å². The Hall–Kier alpha value is -0.480. The van der Waals surface area contributed by atoms with E-state index in [0.29, 0.717) is 22.4 Å². The second-order valence-electron chi connectivity index (χ2n) is 6.75. The van der Waals surface area contributed by atoms with Crippen molar-refractivity contribution in [1.82, 2.24) is 9.80 Å². The van der Waals surface area contributed by atoms with Crippen LogP contribution in [0.1, 0.15) is 32.3 Å². The fraction of sp³-hybridized carbons (Fsp3) is 0.611. The zero-order chi connectivity index (χ0) is 17.0. The zero-order valence-electron chi connectivity index (χ0n) is 14.6. The molecule has 0 aliphatic carbocycles. The van der Waals surface area contributed by atoms with Crippen molar-refractivity contribution >= 4 is 41.5 Å². The van der Waals surface area contributed by atoms with Crippen LogP contribution in [0.25, 0.3) is 0 Å². The summed E-state index contributed by atoms with van der Waals surface area (Å²) in [7, 11) is 1.92. The number of hydrogen-bond acceptors (Lipinski definition) is 2. The van der Waals surface area contributed by atoms with E-state index in [4.69, 9.17) is 23.2 Å². The van der Waals surface area contributed by atoms with Gasteiger partial charge in [-0.2, -0.15) is 0 Å². The Labute approximate surface area is 161 Å². The third-order valence-electron chi connectivity index (χ3n) is 4.64. The monoisotopic (exact) mass is 392 g/mol. The first-order valence-corrected chi connectivity index (χ1v) is 9.06. The van der Waals surface area contributed by atoms with Crippen molar-refractivity contribution in [3.05, 3.63) is 33.8 Å². The first kappa shape index (κ1) is 21.6. The van der Waals surface area contributed by atoms with Gasteiger partial charge >= 0.3 is 0 Å². The number of amides is 1. The molecule has 136 valence electrons. The van der Waals surface area contributed by atoms with Gasteiger partial charge in [0.25, 0.3) is 0 Å². The number of rotatable bonds is 6. The fourth-order valence-electron chi connectivity index (χ4n) is 3.14. The van der Waals surface area contributed by atoms with E-state index in [-0.39, 0.29) is 24.4 Å². The van der Waals surface area contributed by atoms with Crippen molar-refractivity contribution in [3.8, 4) is 0 Å². The molecular formula is C18H27Cl3N2O. The number of hydrogen-bond donors (Lipinski definition) is 0. The van der Waals surface area contributed by atoms with Crippen molar-refractivity contribution in [2.24, 2.45) is 5.92 Å². The predicted octanol–water partition coefficient (Wildman–Crippen LogP) is 4.54. The Kier molecular flexibility index (Phi) is 8.86. The topological polar surface area (TPSA) is 23.6 Å². The Morgan fingerprint density at radius 3 is 2.38 bits per heavy atom. The van der Waals surface area contributed by atoms with Crippen LogP contribution < -0.4 is 0 Å². The van der Waals surface area contributed by atoms with Crippen LogP contribution in [0.5, 0.6) is 0 Å². The number of benzene rings is 1. The standard InChI is InChI=1S/C18H26Cl2N2O.ClH/c1-13(2)17(12-22-8-4-5-9-22)21(3)18(23)11-14-6-7-15(19)16(20)10-14;/h6-7,10,13,17H,4-5,8-9,11-12H2,1-3H3;1H/t17-;/m1./s1. The SMILES string of the molecule is CC(C)[C@@H](CN1CCCC1)N(C)C(=O)Cc1ccc(Cl)c(Cl)c1.Cl. The van der Waals surface area contributed by atoms with Gasteiger partial charge in [0.2, 0.25) is 5.91 Å². The lowest BCUT2D eigenvalue weighted by Gasteiger charge is -2.34. The molecule has 1 aromatic carbocycles. The lowest BCUT2D eigenvalue weighted by Crippen LogP contribution is -2.47. The highest BCUT2D eigenvalue weighted by atomic mass is 35.5. The molecule has 1 atom stereocenters. The average Bonchev–Trinajstić information content (AvgIpc) is 3.00. The second kappa shape index (κ2) is 9.86. The normalized spacial score (nSPS) is 16.1. The summed E-state index contributed by atoms with van der Waals surface area (Å²) >= 11 is 12.0. The largest absolute Gasteiger partial charge is 0.341 e. The number of carbonyl (C=O) groups is 1. The summed E-state index contributed by atoms with van der Waals surface area (Å²) in [6.45, 7) is 7.63. The molecule has 0 unspecified atom stereocenters. The van der Waals surface area contributed by atoms with Crippen molar-refractivity contribution in [2.45, 2.75) is 39.2 Å². The van der Waals surface area contributed by atoms with Gasteiger partial charge in [0.15, 0.2) is 0 Å². The summed E-state index contributed by atoms with van der Waals surface area (Å²) in [5, 5.41) is 1.02. The molecule has 1 aromatic rings. The molecule has 1 heterocycles. The lowest BCUT2D eigenvalue weighted by molar-refractivity contribution is -0.132. The molecule has 0 aromatic heterocycles. The van der Waals surface area contributed by atoms with E-state index >= 15 is 0 Å². The minimum absolute atomic E-state index is 0. The first-order chi connectivity index (χ1) is 10.9. The summed E-state index contributed by atoms with van der Waals surface area (Å²) in [5.41, 5.74) is 0.903. The Morgan fingerprint density at radius 1 is 1.21 bits per heavy atom. The molecular weight excluding hydrogens is 367 g/mol. The van der Waals surface area contributed by atoms with E-state index in [2.05, 4.69) is 18.7 Å². The predicted molar refractivity (Wildman–Crippen MR) is 104 cm³/mol. The molecule has 24 heavy (non-hydrogen) atoms. The van der Waals surface area contributed by atoms with E-state index in [1.807, 2.05) is 18.0 Å². The van der Waals surface area contributed by atoms with Crippen molar-refractivity contribution in [2.75, 3.05) is 26.7 Å². The van der Waals surface area contributed by atoms with Crippen LogP contribution in [-0.4, -0.2) is 48.4 Å². The zero-order valence-corrected chi connectivity index (χ0v) is 16.9. The molecule has 3 nitrogen and oxygen atoms in total. The summed E-state index contributed by atoms with van der Waals surface area (Å²) in [6, 6.07) is 5.63. The quantitative estimate of drug-likeness (QED) is 0.708. The van der Waals surface area contributed by atoms with Crippen LogP contribution in [0.4, 0.5) is 0 Å². The van der Waals surface area contributed by atoms with E-state index in [1.165, 1.54) is 12.8 Å². The molecule has 0 radical (unpaired) electrons. The summed E-state index contributed by atoms with van der Waals surface area (Å²) < 4.78 is 0. The first-order valence-electron chi connectivity index (χ1n) is 8.30. The molecule has 1 aliphatic heterocycles. The van der Waals surface area contributed by atoms with E-state index in [1.54, 1.807) is 12.1 Å². The maximum atomic E-state index is 12.7. The van der Waals surface area contributed by atoms with Gasteiger partial charge in [-0.05, 0) is 49.5 Å². The van der Waals surface area contributed by atoms with E-state index < -0.39 is 0 Å². The summed E-state index contributed by atoms with van der Waals surface area (Å²) in [4.78, 5) is 17.0. The summed E-state index contributed by atoms with van der Waals surface area (Å²) in [6.07, 6.45) is 2.90. The number of nitrogens with zero attached hydrogens (tertiary/aromatic N) is 2. The van der Waals surface area contributed by atoms with Crippen LogP contribution in [0.3, 0.4) is 0 Å². The number of likely N-dealkylation sites (tertiary alicyclic amines) is 1. The number of carbonyl (C=O) groups excluding carboxylic acids is 1. The van der Waals surface area contributed by atoms with E-state index in [0.717, 1.165) is 25.2 Å². The van der Waals surface area contributed by atoms with Gasteiger partial charge in [0, 0.05) is 19.6 Å². The Bertz CT molecular complexity index is 545. The second-order valence-corrected chi connectivity index (χ2v) is 7.56. The van der Waals surface area contributed by atoms with Gasteiger partial charge in [0.1, 0.15) is 0 Å². The van der Waals surface area contributed by atoms with Gasteiger partial charge in [0.05, 0.1) is 16.5 Å². The van der Waals surface area contributed by atoms with Crippen LogP contribution in [0.2, 0.25) is 10.0 Å². The van der Waals surface area contributed by atoms with Crippen LogP contribution in [-0.2, 0) is 11.2 Å². The molecule has 1 amide bonds. The lowest BCUT2D eigenvalue weighted by atomic mass is 10.0. The molecule has 6 heteroatoms. The molecule has 0 N–H and O–H groups in total. The molecule has 0 saturated carbocycles. The van der Waals surface area contributed by atoms with Crippen molar-refractivity contribution in [1.29, 1.82) is 0 Å². The molecule has 1 aliphatic rings. The summed E-state index contributed by atoms with van der Waals surface area (Å²) in [5.74, 6) is 0.555. The molecule has 1 saturated heterocycles. The maximum Gasteiger partial charge on any atom is 0.227 e. The van der Waals surface area contributed by atoms with Gasteiger partial charge in [-0.1, -0.05) is 43.1 Å². The smallest absolute Gasteiger partial charge is 0.227 e. The molecule has 0 bridgehead atoms. The van der Waals surface area contributed by atoms with Gasteiger partial charge in [-0.25, -0.2) is 0 Å². The minimum Gasteiger partial charge on any atom is -0.341 e. The highest BCUT2D eigenvalue weighted by Gasteiger charge is 2.26. The Balaban J connectivity index is 0.00000288.